The molecule has 0 spiro atoms. The number of benzene rings is 1. The van der Waals surface area contributed by atoms with Crippen molar-refractivity contribution in [2.75, 3.05) is 18.8 Å². The molecule has 1 fully saturated rings. The number of hydrogen-bond donors (Lipinski definition) is 2. The second-order valence-electron chi connectivity index (χ2n) is 4.53. The van der Waals surface area contributed by atoms with Crippen molar-refractivity contribution in [2.24, 2.45) is 0 Å². The van der Waals surface area contributed by atoms with Crippen LogP contribution in [0.5, 0.6) is 0 Å². The third-order valence-electron chi connectivity index (χ3n) is 3.19. The summed E-state index contributed by atoms with van der Waals surface area (Å²) >= 11 is 5.73. The van der Waals surface area contributed by atoms with Crippen LogP contribution in [0, 0.1) is 0 Å². The van der Waals surface area contributed by atoms with Crippen molar-refractivity contribution in [1.82, 2.24) is 4.31 Å². The first-order chi connectivity index (χ1) is 8.28. The number of nitrogen functional groups attached to an aromatic ring is 1. The highest BCUT2D eigenvalue weighted by Crippen LogP contribution is 2.32. The van der Waals surface area contributed by atoms with Crippen molar-refractivity contribution in [1.29, 1.82) is 0 Å². The summed E-state index contributed by atoms with van der Waals surface area (Å²) in [4.78, 5) is 0.0325. The first kappa shape index (κ1) is 13.6. The zero-order valence-electron chi connectivity index (χ0n) is 9.93. The highest BCUT2D eigenvalue weighted by molar-refractivity contribution is 7.89. The third kappa shape index (κ3) is 2.21. The lowest BCUT2D eigenvalue weighted by Gasteiger charge is -2.44. The van der Waals surface area contributed by atoms with Gasteiger partial charge < -0.3 is 10.8 Å². The van der Waals surface area contributed by atoms with E-state index in [-0.39, 0.29) is 23.7 Å². The van der Waals surface area contributed by atoms with Gasteiger partial charge in [-0.3, -0.25) is 0 Å². The van der Waals surface area contributed by atoms with E-state index < -0.39 is 15.6 Å². The fourth-order valence-electron chi connectivity index (χ4n) is 1.90. The molecule has 5 nitrogen and oxygen atoms in total. The number of nitrogens with zero attached hydrogens (tertiary/aromatic N) is 1. The van der Waals surface area contributed by atoms with Crippen LogP contribution >= 0.6 is 11.6 Å². The standard InChI is InChI=1S/C11H15ClN2O3S/c1-2-11(15)6-14(7-11)18(16,17)10-4-3-8(12)5-9(10)13/h3-5,15H,2,6-7,13H2,1H3. The number of halogens is 1. The van der Waals surface area contributed by atoms with E-state index in [1.54, 1.807) is 0 Å². The van der Waals surface area contributed by atoms with Crippen LogP contribution < -0.4 is 5.73 Å². The van der Waals surface area contributed by atoms with Gasteiger partial charge in [0.2, 0.25) is 10.0 Å². The lowest BCUT2D eigenvalue weighted by Crippen LogP contribution is -2.62. The maximum absolute atomic E-state index is 12.2. The van der Waals surface area contributed by atoms with Gasteiger partial charge in [-0.05, 0) is 24.6 Å². The number of aliphatic hydroxyl groups is 1. The Balaban J connectivity index is 2.28. The van der Waals surface area contributed by atoms with E-state index in [1.807, 2.05) is 6.92 Å². The summed E-state index contributed by atoms with van der Waals surface area (Å²) in [5.41, 5.74) is 4.88. The van der Waals surface area contributed by atoms with Crippen LogP contribution in [0.2, 0.25) is 5.02 Å². The Morgan fingerprint density at radius 1 is 1.50 bits per heavy atom. The SMILES string of the molecule is CCC1(O)CN(S(=O)(=O)c2ccc(Cl)cc2N)C1. The lowest BCUT2D eigenvalue weighted by atomic mass is 9.94. The quantitative estimate of drug-likeness (QED) is 0.816. The highest BCUT2D eigenvalue weighted by Gasteiger charge is 2.46. The Bertz CT molecular complexity index is 568. The molecule has 18 heavy (non-hydrogen) atoms. The molecule has 1 heterocycles. The first-order valence-corrected chi connectivity index (χ1v) is 7.38. The summed E-state index contributed by atoms with van der Waals surface area (Å²) in [5, 5.41) is 10.2. The average molecular weight is 291 g/mol. The van der Waals surface area contributed by atoms with Crippen molar-refractivity contribution in [3.8, 4) is 0 Å². The number of nitrogens with two attached hydrogens (primary N) is 1. The third-order valence-corrected chi connectivity index (χ3v) is 5.29. The molecular formula is C11H15ClN2O3S. The molecule has 1 saturated heterocycles. The number of β-amino-alcohol motifs (C(OH)–C–C–N with tert-alkyl or cyclic N) is 1. The van der Waals surface area contributed by atoms with Crippen LogP contribution in [-0.2, 0) is 10.0 Å². The molecule has 0 aliphatic carbocycles. The Morgan fingerprint density at radius 3 is 2.61 bits per heavy atom. The smallest absolute Gasteiger partial charge is 0.245 e. The molecule has 0 radical (unpaired) electrons. The van der Waals surface area contributed by atoms with E-state index >= 15 is 0 Å². The van der Waals surface area contributed by atoms with Crippen LogP contribution in [0.4, 0.5) is 5.69 Å². The zero-order chi connectivity index (χ0) is 13.6. The van der Waals surface area contributed by atoms with Crippen LogP contribution in [0.15, 0.2) is 23.1 Å². The van der Waals surface area contributed by atoms with Gasteiger partial charge in [0.1, 0.15) is 4.90 Å². The van der Waals surface area contributed by atoms with E-state index in [2.05, 4.69) is 0 Å². The molecule has 100 valence electrons. The maximum Gasteiger partial charge on any atom is 0.245 e. The monoisotopic (exact) mass is 290 g/mol. The van der Waals surface area contributed by atoms with Gasteiger partial charge in [0.25, 0.3) is 0 Å². The van der Waals surface area contributed by atoms with Gasteiger partial charge in [-0.25, -0.2) is 8.42 Å². The minimum absolute atomic E-state index is 0.0325. The fraction of sp³-hybridized carbons (Fsp3) is 0.455. The van der Waals surface area contributed by atoms with Gasteiger partial charge in [-0.2, -0.15) is 4.31 Å². The molecule has 1 aromatic rings. The van der Waals surface area contributed by atoms with Crippen molar-refractivity contribution in [2.45, 2.75) is 23.8 Å². The van der Waals surface area contributed by atoms with Gasteiger partial charge in [-0.15, -0.1) is 0 Å². The Hall–Kier alpha value is -0.820. The van der Waals surface area contributed by atoms with Gasteiger partial charge >= 0.3 is 0 Å². The summed E-state index contributed by atoms with van der Waals surface area (Å²) in [6, 6.07) is 4.27. The summed E-state index contributed by atoms with van der Waals surface area (Å²) in [7, 11) is -3.64. The highest BCUT2D eigenvalue weighted by atomic mass is 35.5. The van der Waals surface area contributed by atoms with E-state index in [0.29, 0.717) is 11.4 Å². The predicted molar refractivity (Wildman–Crippen MR) is 69.9 cm³/mol. The topological polar surface area (TPSA) is 83.6 Å². The van der Waals surface area contributed by atoms with Crippen molar-refractivity contribution in [3.05, 3.63) is 23.2 Å². The Labute approximate surface area is 111 Å². The summed E-state index contributed by atoms with van der Waals surface area (Å²) in [5.74, 6) is 0. The predicted octanol–water partition coefficient (Wildman–Crippen LogP) is 1.07. The number of hydrogen-bond acceptors (Lipinski definition) is 4. The number of rotatable bonds is 3. The maximum atomic E-state index is 12.2. The largest absolute Gasteiger partial charge is 0.398 e. The van der Waals surface area contributed by atoms with Crippen molar-refractivity contribution < 1.29 is 13.5 Å². The molecule has 3 N–H and O–H groups in total. The van der Waals surface area contributed by atoms with Gasteiger partial charge in [0.15, 0.2) is 0 Å². The van der Waals surface area contributed by atoms with E-state index in [1.165, 1.54) is 22.5 Å². The van der Waals surface area contributed by atoms with E-state index in [4.69, 9.17) is 17.3 Å². The Kier molecular flexibility index (Phi) is 3.31. The number of sulfonamides is 1. The molecule has 2 rings (SSSR count). The molecule has 1 aliphatic heterocycles. The van der Waals surface area contributed by atoms with Gasteiger partial charge in [-0.1, -0.05) is 18.5 Å². The molecule has 1 aliphatic rings. The lowest BCUT2D eigenvalue weighted by molar-refractivity contribution is -0.0613. The van der Waals surface area contributed by atoms with Crippen LogP contribution in [0.1, 0.15) is 13.3 Å². The fourth-order valence-corrected chi connectivity index (χ4v) is 3.77. The molecule has 0 amide bonds. The van der Waals surface area contributed by atoms with Crippen LogP contribution in [0.3, 0.4) is 0 Å². The van der Waals surface area contributed by atoms with Crippen molar-refractivity contribution >= 4 is 27.3 Å². The van der Waals surface area contributed by atoms with E-state index in [9.17, 15) is 13.5 Å². The van der Waals surface area contributed by atoms with Crippen molar-refractivity contribution in [3.63, 3.8) is 0 Å². The second-order valence-corrected chi connectivity index (χ2v) is 6.88. The molecule has 7 heteroatoms. The van der Waals surface area contributed by atoms with Crippen LogP contribution in [0.25, 0.3) is 0 Å². The van der Waals surface area contributed by atoms with Gasteiger partial charge in [0, 0.05) is 18.1 Å². The average Bonchev–Trinajstić information content (AvgIpc) is 2.24. The summed E-state index contributed by atoms with van der Waals surface area (Å²) in [6.07, 6.45) is 0.523. The van der Waals surface area contributed by atoms with Gasteiger partial charge in [0.05, 0.1) is 11.3 Å². The minimum Gasteiger partial charge on any atom is -0.398 e. The minimum atomic E-state index is -3.64. The Morgan fingerprint density at radius 2 is 2.11 bits per heavy atom. The summed E-state index contributed by atoms with van der Waals surface area (Å²) in [6.45, 7) is 2.03. The molecule has 1 aromatic carbocycles. The second kappa shape index (κ2) is 4.38. The molecule has 0 aromatic heterocycles. The number of anilines is 1. The van der Waals surface area contributed by atoms with Crippen LogP contribution in [-0.4, -0.2) is 36.5 Å². The van der Waals surface area contributed by atoms with E-state index in [0.717, 1.165) is 0 Å². The molecule has 0 saturated carbocycles. The molecular weight excluding hydrogens is 276 g/mol. The first-order valence-electron chi connectivity index (χ1n) is 5.56. The normalized spacial score (nSPS) is 19.5. The summed E-state index contributed by atoms with van der Waals surface area (Å²) < 4.78 is 25.7. The molecule has 0 unspecified atom stereocenters. The molecule has 0 atom stereocenters. The molecule has 0 bridgehead atoms. The zero-order valence-corrected chi connectivity index (χ0v) is 11.5.